The van der Waals surface area contributed by atoms with Gasteiger partial charge in [0.05, 0.1) is 6.54 Å². The van der Waals surface area contributed by atoms with Gasteiger partial charge in [0.1, 0.15) is 6.10 Å². The molecule has 1 unspecified atom stereocenters. The summed E-state index contributed by atoms with van der Waals surface area (Å²) < 4.78 is 6.30. The van der Waals surface area contributed by atoms with Crippen LogP contribution >= 0.6 is 15.9 Å². The zero-order valence-corrected chi connectivity index (χ0v) is 13.8. The fraction of sp³-hybridized carbons (Fsp3) is 0.467. The quantitative estimate of drug-likeness (QED) is 0.902. The molecule has 2 rings (SSSR count). The lowest BCUT2D eigenvalue weighted by Gasteiger charge is -2.20. The summed E-state index contributed by atoms with van der Waals surface area (Å²) in [7, 11) is 1.62. The number of hydrogen-bond acceptors (Lipinski definition) is 3. The predicted molar refractivity (Wildman–Crippen MR) is 84.1 cm³/mol. The first kappa shape index (κ1) is 16.0. The Morgan fingerprint density at radius 2 is 2.24 bits per heavy atom. The number of likely N-dealkylation sites (N-methyl/N-ethyl adjacent to an activating group) is 1. The number of carbonyl (C=O) groups is 2. The Hall–Kier alpha value is -1.40. The molecule has 1 fully saturated rings. The highest BCUT2D eigenvalue weighted by atomic mass is 79.9. The van der Waals surface area contributed by atoms with E-state index in [-0.39, 0.29) is 18.4 Å². The Morgan fingerprint density at radius 3 is 2.86 bits per heavy atom. The van der Waals surface area contributed by atoms with Gasteiger partial charge in [-0.1, -0.05) is 15.9 Å². The van der Waals surface area contributed by atoms with E-state index in [9.17, 15) is 9.59 Å². The van der Waals surface area contributed by atoms with E-state index in [1.54, 1.807) is 7.05 Å². The van der Waals surface area contributed by atoms with Crippen LogP contribution in [0.4, 0.5) is 5.69 Å². The highest BCUT2D eigenvalue weighted by Gasteiger charge is 2.27. The molecule has 0 aliphatic carbocycles. The maximum atomic E-state index is 12.1. The molecular weight excluding hydrogens is 336 g/mol. The average Bonchev–Trinajstić information content (AvgIpc) is 2.95. The normalized spacial score (nSPS) is 17.6. The van der Waals surface area contributed by atoms with Gasteiger partial charge in [0.15, 0.2) is 0 Å². The molecule has 1 saturated heterocycles. The molecule has 1 heterocycles. The summed E-state index contributed by atoms with van der Waals surface area (Å²) in [5, 5.41) is 2.82. The van der Waals surface area contributed by atoms with Crippen molar-refractivity contribution in [1.29, 1.82) is 0 Å². The average molecular weight is 355 g/mol. The lowest BCUT2D eigenvalue weighted by molar-refractivity contribution is -0.141. The monoisotopic (exact) mass is 354 g/mol. The van der Waals surface area contributed by atoms with Crippen LogP contribution in [0.15, 0.2) is 22.7 Å². The van der Waals surface area contributed by atoms with Crippen LogP contribution < -0.4 is 5.32 Å². The summed E-state index contributed by atoms with van der Waals surface area (Å²) in [6, 6.07) is 5.62. The van der Waals surface area contributed by atoms with Crippen molar-refractivity contribution in [3.8, 4) is 0 Å². The fourth-order valence-corrected chi connectivity index (χ4v) is 2.74. The number of carbonyl (C=O) groups excluding carboxylic acids is 2. The van der Waals surface area contributed by atoms with Gasteiger partial charge in [-0.25, -0.2) is 0 Å². The molecule has 5 nitrogen and oxygen atoms in total. The van der Waals surface area contributed by atoms with Crippen LogP contribution in [0.25, 0.3) is 0 Å². The maximum absolute atomic E-state index is 12.1. The number of rotatable bonds is 4. The Labute approximate surface area is 132 Å². The molecule has 1 atom stereocenters. The number of ether oxygens (including phenoxy) is 1. The lowest BCUT2D eigenvalue weighted by atomic mass is 10.2. The van der Waals surface area contributed by atoms with Crippen molar-refractivity contribution in [2.75, 3.05) is 25.5 Å². The number of anilines is 1. The molecule has 2 amide bonds. The van der Waals surface area contributed by atoms with E-state index in [1.165, 1.54) is 4.90 Å². The minimum atomic E-state index is -0.391. The first-order chi connectivity index (χ1) is 9.97. The van der Waals surface area contributed by atoms with Gasteiger partial charge in [0.25, 0.3) is 5.91 Å². The van der Waals surface area contributed by atoms with Gasteiger partial charge in [-0.3, -0.25) is 9.59 Å². The van der Waals surface area contributed by atoms with E-state index in [4.69, 9.17) is 4.74 Å². The Morgan fingerprint density at radius 1 is 1.48 bits per heavy atom. The van der Waals surface area contributed by atoms with Crippen molar-refractivity contribution < 1.29 is 14.3 Å². The summed E-state index contributed by atoms with van der Waals surface area (Å²) in [5.41, 5.74) is 1.71. The smallest absolute Gasteiger partial charge is 0.251 e. The minimum Gasteiger partial charge on any atom is -0.368 e. The van der Waals surface area contributed by atoms with Crippen LogP contribution in [0.3, 0.4) is 0 Å². The van der Waals surface area contributed by atoms with E-state index < -0.39 is 6.10 Å². The fourth-order valence-electron chi connectivity index (χ4n) is 2.27. The van der Waals surface area contributed by atoms with Crippen LogP contribution in [0.1, 0.15) is 18.4 Å². The Bertz CT molecular complexity index is 542. The lowest BCUT2D eigenvalue weighted by Crippen LogP contribution is -2.40. The summed E-state index contributed by atoms with van der Waals surface area (Å²) >= 11 is 3.38. The second-order valence-electron chi connectivity index (χ2n) is 5.20. The number of benzene rings is 1. The summed E-state index contributed by atoms with van der Waals surface area (Å²) in [6.45, 7) is 2.56. The molecule has 114 valence electrons. The predicted octanol–water partition coefficient (Wildman–Crippen LogP) is 2.33. The number of hydrogen-bond donors (Lipinski definition) is 1. The van der Waals surface area contributed by atoms with Crippen molar-refractivity contribution in [3.05, 3.63) is 28.2 Å². The van der Waals surface area contributed by atoms with Gasteiger partial charge in [-0.15, -0.1) is 0 Å². The third-order valence-corrected chi connectivity index (χ3v) is 3.92. The number of amides is 2. The molecule has 1 aromatic carbocycles. The second kappa shape index (κ2) is 7.04. The van der Waals surface area contributed by atoms with Gasteiger partial charge in [0, 0.05) is 23.8 Å². The van der Waals surface area contributed by atoms with Crippen molar-refractivity contribution in [2.24, 2.45) is 0 Å². The van der Waals surface area contributed by atoms with Gasteiger partial charge in [0.2, 0.25) is 5.91 Å². The van der Waals surface area contributed by atoms with E-state index in [0.717, 1.165) is 28.6 Å². The molecule has 1 aliphatic rings. The molecule has 1 aromatic rings. The third kappa shape index (κ3) is 4.28. The Balaban J connectivity index is 1.90. The molecule has 0 saturated carbocycles. The summed E-state index contributed by atoms with van der Waals surface area (Å²) in [4.78, 5) is 25.5. The van der Waals surface area contributed by atoms with E-state index in [1.807, 2.05) is 25.1 Å². The van der Waals surface area contributed by atoms with Crippen LogP contribution in [-0.4, -0.2) is 43.0 Å². The molecule has 0 bridgehead atoms. The highest BCUT2D eigenvalue weighted by Crippen LogP contribution is 2.20. The number of nitrogens with one attached hydrogen (secondary N) is 1. The van der Waals surface area contributed by atoms with Gasteiger partial charge in [-0.2, -0.15) is 0 Å². The van der Waals surface area contributed by atoms with Crippen molar-refractivity contribution in [1.82, 2.24) is 4.90 Å². The van der Waals surface area contributed by atoms with Crippen molar-refractivity contribution >= 4 is 33.4 Å². The zero-order chi connectivity index (χ0) is 15.4. The number of aryl methyl sites for hydroxylation is 1. The maximum Gasteiger partial charge on any atom is 0.251 e. The van der Waals surface area contributed by atoms with E-state index >= 15 is 0 Å². The number of nitrogens with zero attached hydrogens (tertiary/aromatic N) is 1. The Kier molecular flexibility index (Phi) is 5.36. The van der Waals surface area contributed by atoms with Crippen LogP contribution in [0.5, 0.6) is 0 Å². The largest absolute Gasteiger partial charge is 0.368 e. The third-order valence-electron chi connectivity index (χ3n) is 3.42. The molecule has 0 radical (unpaired) electrons. The summed E-state index contributed by atoms with van der Waals surface area (Å²) in [5.74, 6) is -0.343. The molecule has 0 aromatic heterocycles. The molecule has 21 heavy (non-hydrogen) atoms. The van der Waals surface area contributed by atoms with E-state index in [2.05, 4.69) is 21.2 Å². The number of halogens is 1. The molecule has 1 aliphatic heterocycles. The summed E-state index contributed by atoms with van der Waals surface area (Å²) in [6.07, 6.45) is 1.24. The van der Waals surface area contributed by atoms with E-state index in [0.29, 0.717) is 6.61 Å². The molecular formula is C15H19BrN2O3. The topological polar surface area (TPSA) is 58.6 Å². The van der Waals surface area contributed by atoms with Gasteiger partial charge in [-0.05, 0) is 43.5 Å². The van der Waals surface area contributed by atoms with Crippen molar-refractivity contribution in [3.63, 3.8) is 0 Å². The second-order valence-corrected chi connectivity index (χ2v) is 6.12. The molecule has 6 heteroatoms. The SMILES string of the molecule is Cc1cc(Br)ccc1NC(=O)CN(C)C(=O)C1CCCO1. The molecule has 1 N–H and O–H groups in total. The molecule has 0 spiro atoms. The van der Waals surface area contributed by atoms with Crippen molar-refractivity contribution in [2.45, 2.75) is 25.9 Å². The minimum absolute atomic E-state index is 0.0220. The first-order valence-corrected chi connectivity index (χ1v) is 7.69. The van der Waals surface area contributed by atoms with Gasteiger partial charge >= 0.3 is 0 Å². The van der Waals surface area contributed by atoms with Gasteiger partial charge < -0.3 is 15.0 Å². The van der Waals surface area contributed by atoms with Crippen LogP contribution in [0.2, 0.25) is 0 Å². The van der Waals surface area contributed by atoms with Crippen LogP contribution in [-0.2, 0) is 14.3 Å². The zero-order valence-electron chi connectivity index (χ0n) is 12.2. The van der Waals surface area contributed by atoms with Crippen LogP contribution in [0, 0.1) is 6.92 Å². The standard InChI is InChI=1S/C15H19BrN2O3/c1-10-8-11(16)5-6-12(10)17-14(19)9-18(2)15(20)13-4-3-7-21-13/h5-6,8,13H,3-4,7,9H2,1-2H3,(H,17,19). The highest BCUT2D eigenvalue weighted by molar-refractivity contribution is 9.10. The first-order valence-electron chi connectivity index (χ1n) is 6.90.